The first-order valence-electron chi connectivity index (χ1n) is 7.21. The Labute approximate surface area is 153 Å². The predicted octanol–water partition coefficient (Wildman–Crippen LogP) is 4.57. The number of nitrogens with one attached hydrogen (secondary N) is 1. The third-order valence-corrected chi connectivity index (χ3v) is 4.31. The molecule has 0 amide bonds. The Morgan fingerprint density at radius 1 is 1.29 bits per heavy atom. The highest BCUT2D eigenvalue weighted by atomic mass is 79.9. The Kier molecular flexibility index (Phi) is 4.92. The van der Waals surface area contributed by atoms with Gasteiger partial charge < -0.3 is 4.74 Å². The van der Waals surface area contributed by atoms with Gasteiger partial charge in [0.15, 0.2) is 5.82 Å². The van der Waals surface area contributed by atoms with Crippen LogP contribution in [0.3, 0.4) is 0 Å². The highest BCUT2D eigenvalue weighted by Gasteiger charge is 2.08. The maximum atomic E-state index is 5.29. The fourth-order valence-electron chi connectivity index (χ4n) is 2.26. The second kappa shape index (κ2) is 7.11. The molecule has 7 heteroatoms. The van der Waals surface area contributed by atoms with Crippen LogP contribution in [0.15, 0.2) is 52.0 Å². The summed E-state index contributed by atoms with van der Waals surface area (Å²) in [6.07, 6.45) is 1.73. The highest BCUT2D eigenvalue weighted by Crippen LogP contribution is 2.25. The molecule has 3 aromatic rings. The normalized spacial score (nSPS) is 11.1. The number of halogens is 1. The van der Waals surface area contributed by atoms with E-state index in [4.69, 9.17) is 17.0 Å². The summed E-state index contributed by atoms with van der Waals surface area (Å²) >= 11 is 8.76. The smallest absolute Gasteiger partial charge is 0.216 e. The van der Waals surface area contributed by atoms with E-state index in [1.807, 2.05) is 49.4 Å². The number of ether oxygens (including phenoxy) is 1. The van der Waals surface area contributed by atoms with Crippen molar-refractivity contribution in [3.63, 3.8) is 0 Å². The summed E-state index contributed by atoms with van der Waals surface area (Å²) in [6, 6.07) is 13.8. The Bertz CT molecular complexity index is 961. The summed E-state index contributed by atoms with van der Waals surface area (Å²) in [7, 11) is 1.63. The summed E-state index contributed by atoms with van der Waals surface area (Å²) in [5, 5.41) is 11.6. The molecule has 0 radical (unpaired) electrons. The maximum Gasteiger partial charge on any atom is 0.216 e. The van der Waals surface area contributed by atoms with Crippen molar-refractivity contribution in [3.8, 4) is 17.1 Å². The molecular weight excluding hydrogens is 388 g/mol. The standard InChI is InChI=1S/C17H15BrN4OS/c1-11-4-3-5-13(8-11)16-20-21-17(24)22(16)19-10-12-6-7-15(23-2)14(18)9-12/h3-10H,1-2H3,(H,21,24)/b19-10+. The summed E-state index contributed by atoms with van der Waals surface area (Å²) < 4.78 is 8.15. The molecule has 0 bridgehead atoms. The van der Waals surface area contributed by atoms with Gasteiger partial charge in [0.2, 0.25) is 4.77 Å². The van der Waals surface area contributed by atoms with Gasteiger partial charge in [-0.15, -0.1) is 0 Å². The Morgan fingerprint density at radius 3 is 2.83 bits per heavy atom. The third kappa shape index (κ3) is 3.47. The van der Waals surface area contributed by atoms with Gasteiger partial charge in [-0.2, -0.15) is 14.9 Å². The van der Waals surface area contributed by atoms with Gasteiger partial charge in [0.25, 0.3) is 0 Å². The molecule has 0 aliphatic rings. The molecule has 122 valence electrons. The second-order valence-electron chi connectivity index (χ2n) is 5.17. The summed E-state index contributed by atoms with van der Waals surface area (Å²) in [4.78, 5) is 0. The first-order valence-corrected chi connectivity index (χ1v) is 8.41. The Morgan fingerprint density at radius 2 is 2.12 bits per heavy atom. The van der Waals surface area contributed by atoms with Crippen LogP contribution in [0.4, 0.5) is 0 Å². The number of rotatable bonds is 4. The van der Waals surface area contributed by atoms with E-state index in [0.717, 1.165) is 26.9 Å². The van der Waals surface area contributed by atoms with Gasteiger partial charge in [0.1, 0.15) is 5.75 Å². The fraction of sp³-hybridized carbons (Fsp3) is 0.118. The molecule has 3 rings (SSSR count). The van der Waals surface area contributed by atoms with Crippen LogP contribution in [0.2, 0.25) is 0 Å². The van der Waals surface area contributed by atoms with Gasteiger partial charge in [0, 0.05) is 5.56 Å². The lowest BCUT2D eigenvalue weighted by molar-refractivity contribution is 0.412. The summed E-state index contributed by atoms with van der Waals surface area (Å²) in [6.45, 7) is 2.03. The second-order valence-corrected chi connectivity index (χ2v) is 6.41. The summed E-state index contributed by atoms with van der Waals surface area (Å²) in [5.41, 5.74) is 3.02. The fourth-order valence-corrected chi connectivity index (χ4v) is 2.99. The van der Waals surface area contributed by atoms with Crippen LogP contribution < -0.4 is 4.74 Å². The van der Waals surface area contributed by atoms with E-state index >= 15 is 0 Å². The first kappa shape index (κ1) is 16.6. The topological polar surface area (TPSA) is 55.2 Å². The number of aryl methyl sites for hydroxylation is 1. The highest BCUT2D eigenvalue weighted by molar-refractivity contribution is 9.10. The maximum absolute atomic E-state index is 5.29. The van der Waals surface area contributed by atoms with Crippen molar-refractivity contribution in [1.29, 1.82) is 0 Å². The van der Waals surface area contributed by atoms with Gasteiger partial charge in [-0.25, -0.2) is 5.10 Å². The van der Waals surface area contributed by atoms with E-state index in [0.29, 0.717) is 10.6 Å². The minimum absolute atomic E-state index is 0.440. The lowest BCUT2D eigenvalue weighted by Gasteiger charge is -2.04. The van der Waals surface area contributed by atoms with E-state index < -0.39 is 0 Å². The number of aromatic nitrogens is 3. The van der Waals surface area contributed by atoms with Crippen molar-refractivity contribution in [2.45, 2.75) is 6.92 Å². The number of hydrogen-bond acceptors (Lipinski definition) is 4. The first-order chi connectivity index (χ1) is 11.6. The number of benzene rings is 2. The average Bonchev–Trinajstić information content (AvgIpc) is 2.94. The van der Waals surface area contributed by atoms with Crippen molar-refractivity contribution in [2.24, 2.45) is 5.10 Å². The van der Waals surface area contributed by atoms with Crippen molar-refractivity contribution < 1.29 is 4.74 Å². The molecule has 0 saturated heterocycles. The van der Waals surface area contributed by atoms with Crippen LogP contribution in [0.1, 0.15) is 11.1 Å². The Balaban J connectivity index is 1.97. The molecule has 0 atom stereocenters. The largest absolute Gasteiger partial charge is 0.496 e. The summed E-state index contributed by atoms with van der Waals surface area (Å²) in [5.74, 6) is 1.44. The lowest BCUT2D eigenvalue weighted by Crippen LogP contribution is -1.95. The number of H-pyrrole nitrogens is 1. The van der Waals surface area contributed by atoms with E-state index in [1.54, 1.807) is 18.0 Å². The van der Waals surface area contributed by atoms with Crippen LogP contribution in [0, 0.1) is 11.7 Å². The van der Waals surface area contributed by atoms with Gasteiger partial charge >= 0.3 is 0 Å². The zero-order chi connectivity index (χ0) is 17.1. The number of methoxy groups -OCH3 is 1. The van der Waals surface area contributed by atoms with Gasteiger partial charge in [-0.3, -0.25) is 0 Å². The van der Waals surface area contributed by atoms with Crippen molar-refractivity contribution in [1.82, 2.24) is 14.9 Å². The molecule has 2 aromatic carbocycles. The van der Waals surface area contributed by atoms with Gasteiger partial charge in [0.05, 0.1) is 17.8 Å². The van der Waals surface area contributed by atoms with Crippen molar-refractivity contribution >= 4 is 34.4 Å². The van der Waals surface area contributed by atoms with Crippen LogP contribution in [-0.4, -0.2) is 28.2 Å². The molecule has 0 fully saturated rings. The minimum Gasteiger partial charge on any atom is -0.496 e. The monoisotopic (exact) mass is 402 g/mol. The average molecular weight is 403 g/mol. The molecule has 0 aliphatic carbocycles. The molecule has 5 nitrogen and oxygen atoms in total. The number of aromatic amines is 1. The molecule has 0 aliphatic heterocycles. The molecule has 0 unspecified atom stereocenters. The zero-order valence-corrected chi connectivity index (χ0v) is 15.6. The number of hydrogen-bond donors (Lipinski definition) is 1. The van der Waals surface area contributed by atoms with E-state index in [2.05, 4.69) is 31.2 Å². The SMILES string of the molecule is COc1ccc(/C=N/n2c(-c3cccc(C)c3)n[nH]c2=S)cc1Br. The van der Waals surface area contributed by atoms with E-state index in [1.165, 1.54) is 0 Å². The zero-order valence-electron chi connectivity index (χ0n) is 13.2. The van der Waals surface area contributed by atoms with Crippen molar-refractivity contribution in [3.05, 3.63) is 62.8 Å². The molecule has 1 aromatic heterocycles. The van der Waals surface area contributed by atoms with E-state index in [-0.39, 0.29) is 0 Å². The molecule has 24 heavy (non-hydrogen) atoms. The molecule has 1 heterocycles. The Hall–Kier alpha value is -2.25. The molecule has 0 saturated carbocycles. The van der Waals surface area contributed by atoms with Crippen molar-refractivity contribution in [2.75, 3.05) is 7.11 Å². The number of nitrogens with zero attached hydrogens (tertiary/aromatic N) is 3. The third-order valence-electron chi connectivity index (χ3n) is 3.42. The van der Waals surface area contributed by atoms with Gasteiger partial charge in [-0.05, 0) is 64.9 Å². The lowest BCUT2D eigenvalue weighted by atomic mass is 10.1. The molecule has 1 N–H and O–H groups in total. The van der Waals surface area contributed by atoms with Crippen LogP contribution >= 0.6 is 28.1 Å². The predicted molar refractivity (Wildman–Crippen MR) is 101 cm³/mol. The quantitative estimate of drug-likeness (QED) is 0.513. The van der Waals surface area contributed by atoms with Gasteiger partial charge in [-0.1, -0.05) is 23.8 Å². The van der Waals surface area contributed by atoms with Crippen LogP contribution in [-0.2, 0) is 0 Å². The van der Waals surface area contributed by atoms with E-state index in [9.17, 15) is 0 Å². The van der Waals surface area contributed by atoms with Crippen LogP contribution in [0.25, 0.3) is 11.4 Å². The molecule has 0 spiro atoms. The minimum atomic E-state index is 0.440. The molecular formula is C17H15BrN4OS. The van der Waals surface area contributed by atoms with Crippen LogP contribution in [0.5, 0.6) is 5.75 Å².